The van der Waals surface area contributed by atoms with E-state index in [0.717, 1.165) is 36.9 Å². The molecular weight excluding hydrogens is 238 g/mol. The van der Waals surface area contributed by atoms with Crippen LogP contribution in [0.3, 0.4) is 0 Å². The second kappa shape index (κ2) is 8.31. The van der Waals surface area contributed by atoms with Gasteiger partial charge in [-0.3, -0.25) is 4.79 Å². The molecule has 3 nitrogen and oxygen atoms in total. The van der Waals surface area contributed by atoms with Gasteiger partial charge in [-0.2, -0.15) is 0 Å². The molecule has 0 spiro atoms. The molecule has 19 heavy (non-hydrogen) atoms. The van der Waals surface area contributed by atoms with Gasteiger partial charge in [0.05, 0.1) is 13.2 Å². The van der Waals surface area contributed by atoms with Crippen LogP contribution in [-0.4, -0.2) is 12.6 Å². The average molecular weight is 259 g/mol. The van der Waals surface area contributed by atoms with Gasteiger partial charge >= 0.3 is 5.97 Å². The van der Waals surface area contributed by atoms with Gasteiger partial charge < -0.3 is 4.74 Å². The molecule has 1 aromatic rings. The lowest BCUT2D eigenvalue weighted by atomic mass is 9.97. The first-order valence-electron chi connectivity index (χ1n) is 6.86. The second-order valence-electron chi connectivity index (χ2n) is 4.44. The average Bonchev–Trinajstić information content (AvgIpc) is 2.41. The summed E-state index contributed by atoms with van der Waals surface area (Å²) >= 11 is 0. The molecule has 0 atom stereocenters. The van der Waals surface area contributed by atoms with Crippen molar-refractivity contribution in [2.24, 2.45) is 0 Å². The topological polar surface area (TPSA) is 30.7 Å². The number of hydrogen-bond donors (Lipinski definition) is 0. The van der Waals surface area contributed by atoms with E-state index in [-0.39, 0.29) is 5.97 Å². The van der Waals surface area contributed by atoms with Gasteiger partial charge in [-0.25, -0.2) is 4.85 Å². The summed E-state index contributed by atoms with van der Waals surface area (Å²) in [4.78, 5) is 14.9. The molecule has 102 valence electrons. The van der Waals surface area contributed by atoms with E-state index in [4.69, 9.17) is 11.3 Å². The Morgan fingerprint density at radius 2 is 2.11 bits per heavy atom. The fraction of sp³-hybridized carbons (Fsp3) is 0.500. The first-order valence-corrected chi connectivity index (χ1v) is 6.86. The Morgan fingerprint density at radius 3 is 2.74 bits per heavy atom. The van der Waals surface area contributed by atoms with Gasteiger partial charge in [0.25, 0.3) is 0 Å². The van der Waals surface area contributed by atoms with E-state index in [1.807, 2.05) is 19.1 Å². The lowest BCUT2D eigenvalue weighted by Crippen LogP contribution is -2.04. The first-order chi connectivity index (χ1) is 9.22. The summed E-state index contributed by atoms with van der Waals surface area (Å²) < 4.78 is 4.92. The third-order valence-corrected chi connectivity index (χ3v) is 3.00. The molecule has 0 radical (unpaired) electrons. The van der Waals surface area contributed by atoms with E-state index in [1.165, 1.54) is 5.56 Å². The van der Waals surface area contributed by atoms with Crippen LogP contribution in [0.1, 0.15) is 44.2 Å². The van der Waals surface area contributed by atoms with Gasteiger partial charge in [0.1, 0.15) is 0 Å². The predicted molar refractivity (Wildman–Crippen MR) is 76.3 cm³/mol. The molecule has 0 N–H and O–H groups in total. The van der Waals surface area contributed by atoms with Crippen molar-refractivity contribution in [1.29, 1.82) is 0 Å². The van der Waals surface area contributed by atoms with Crippen LogP contribution in [0.5, 0.6) is 0 Å². The van der Waals surface area contributed by atoms with Crippen molar-refractivity contribution in [3.8, 4) is 0 Å². The van der Waals surface area contributed by atoms with E-state index < -0.39 is 0 Å². The summed E-state index contributed by atoms with van der Waals surface area (Å²) in [5, 5.41) is 0. The van der Waals surface area contributed by atoms with E-state index in [2.05, 4.69) is 17.8 Å². The SMILES string of the molecule is [C-]#[N+]c1cccc(CCCC(=O)OCC)c1CCC. The van der Waals surface area contributed by atoms with Crippen LogP contribution < -0.4 is 0 Å². The molecule has 0 aromatic heterocycles. The molecule has 0 saturated carbocycles. The Kier molecular flexibility index (Phi) is 6.67. The van der Waals surface area contributed by atoms with Crippen molar-refractivity contribution in [1.82, 2.24) is 0 Å². The fourth-order valence-corrected chi connectivity index (χ4v) is 2.16. The van der Waals surface area contributed by atoms with Gasteiger partial charge in [-0.1, -0.05) is 37.1 Å². The van der Waals surface area contributed by atoms with Gasteiger partial charge in [0.15, 0.2) is 5.69 Å². The Morgan fingerprint density at radius 1 is 1.32 bits per heavy atom. The maximum absolute atomic E-state index is 11.3. The lowest BCUT2D eigenvalue weighted by Gasteiger charge is -2.10. The van der Waals surface area contributed by atoms with Crippen LogP contribution >= 0.6 is 0 Å². The normalized spacial score (nSPS) is 9.95. The zero-order valence-corrected chi connectivity index (χ0v) is 11.7. The number of carbonyl (C=O) groups excluding carboxylic acids is 1. The van der Waals surface area contributed by atoms with Gasteiger partial charge in [-0.05, 0) is 31.7 Å². The van der Waals surface area contributed by atoms with Crippen LogP contribution in [-0.2, 0) is 22.4 Å². The molecule has 0 saturated heterocycles. The number of carbonyl (C=O) groups is 1. The molecule has 0 aliphatic carbocycles. The van der Waals surface area contributed by atoms with E-state index in [9.17, 15) is 4.79 Å². The second-order valence-corrected chi connectivity index (χ2v) is 4.44. The largest absolute Gasteiger partial charge is 0.466 e. The van der Waals surface area contributed by atoms with Crippen molar-refractivity contribution >= 4 is 11.7 Å². The van der Waals surface area contributed by atoms with Crippen LogP contribution in [0.4, 0.5) is 5.69 Å². The van der Waals surface area contributed by atoms with Gasteiger partial charge in [-0.15, -0.1) is 0 Å². The molecule has 3 heteroatoms. The molecular formula is C16H21NO2. The zero-order valence-electron chi connectivity index (χ0n) is 11.7. The highest BCUT2D eigenvalue weighted by molar-refractivity contribution is 5.69. The smallest absolute Gasteiger partial charge is 0.305 e. The molecule has 1 rings (SSSR count). The van der Waals surface area contributed by atoms with E-state index in [1.54, 1.807) is 0 Å². The minimum absolute atomic E-state index is 0.138. The third kappa shape index (κ3) is 4.75. The maximum atomic E-state index is 11.3. The number of hydrogen-bond acceptors (Lipinski definition) is 2. The summed E-state index contributed by atoms with van der Waals surface area (Å²) in [6.45, 7) is 11.6. The third-order valence-electron chi connectivity index (χ3n) is 3.00. The number of ether oxygens (including phenoxy) is 1. The summed E-state index contributed by atoms with van der Waals surface area (Å²) in [5.74, 6) is -0.138. The minimum Gasteiger partial charge on any atom is -0.466 e. The first kappa shape index (κ1) is 15.2. The monoisotopic (exact) mass is 259 g/mol. The van der Waals surface area contributed by atoms with Crippen molar-refractivity contribution < 1.29 is 9.53 Å². The summed E-state index contributed by atoms with van der Waals surface area (Å²) in [6.07, 6.45) is 4.00. The molecule has 0 heterocycles. The zero-order chi connectivity index (χ0) is 14.1. The van der Waals surface area contributed by atoms with Crippen molar-refractivity contribution in [3.63, 3.8) is 0 Å². The Labute approximate surface area is 115 Å². The van der Waals surface area contributed by atoms with Gasteiger partial charge in [0, 0.05) is 6.42 Å². The summed E-state index contributed by atoms with van der Waals surface area (Å²) in [6, 6.07) is 5.85. The van der Waals surface area contributed by atoms with E-state index >= 15 is 0 Å². The number of aryl methyl sites for hydroxylation is 1. The van der Waals surface area contributed by atoms with Crippen molar-refractivity contribution in [3.05, 3.63) is 40.7 Å². The molecule has 1 aromatic carbocycles. The van der Waals surface area contributed by atoms with Crippen LogP contribution in [0.15, 0.2) is 18.2 Å². The maximum Gasteiger partial charge on any atom is 0.305 e. The standard InChI is InChI=1S/C16H21NO2/c1-4-8-14-13(9-6-11-15(14)17-3)10-7-12-16(18)19-5-2/h6,9,11H,4-5,7-8,10,12H2,1-2H3. The highest BCUT2D eigenvalue weighted by Gasteiger charge is 2.08. The number of esters is 1. The highest BCUT2D eigenvalue weighted by atomic mass is 16.5. The van der Waals surface area contributed by atoms with Crippen LogP contribution in [0.2, 0.25) is 0 Å². The van der Waals surface area contributed by atoms with Gasteiger partial charge in [0.2, 0.25) is 0 Å². The number of rotatable bonds is 7. The molecule has 0 aliphatic heterocycles. The van der Waals surface area contributed by atoms with Crippen molar-refractivity contribution in [2.45, 2.75) is 46.0 Å². The highest BCUT2D eigenvalue weighted by Crippen LogP contribution is 2.25. The molecule has 0 unspecified atom stereocenters. The number of nitrogens with zero attached hydrogens (tertiary/aromatic N) is 1. The summed E-state index contributed by atoms with van der Waals surface area (Å²) in [7, 11) is 0. The Bertz CT molecular complexity index is 460. The van der Waals surface area contributed by atoms with E-state index in [0.29, 0.717) is 13.0 Å². The molecule has 0 aliphatic rings. The predicted octanol–water partition coefficient (Wildman–Crippen LogP) is 4.08. The Balaban J connectivity index is 2.67. The minimum atomic E-state index is -0.138. The van der Waals surface area contributed by atoms with Crippen molar-refractivity contribution in [2.75, 3.05) is 6.61 Å². The summed E-state index contributed by atoms with van der Waals surface area (Å²) in [5.41, 5.74) is 3.08. The fourth-order valence-electron chi connectivity index (χ4n) is 2.16. The molecule has 0 bridgehead atoms. The molecule has 0 fully saturated rings. The molecule has 0 amide bonds. The van der Waals surface area contributed by atoms with Crippen LogP contribution in [0, 0.1) is 6.57 Å². The quantitative estimate of drug-likeness (QED) is 0.545. The Hall–Kier alpha value is -1.82. The number of benzene rings is 1. The van der Waals surface area contributed by atoms with Crippen LogP contribution in [0.25, 0.3) is 4.85 Å². The lowest BCUT2D eigenvalue weighted by molar-refractivity contribution is -0.143.